The molecule has 1 aromatic rings. The summed E-state index contributed by atoms with van der Waals surface area (Å²) >= 11 is 0. The third-order valence-corrected chi connectivity index (χ3v) is 4.00. The number of carbonyl (C=O) groups is 1. The van der Waals surface area contributed by atoms with Crippen molar-refractivity contribution in [1.29, 1.82) is 0 Å². The Hall–Kier alpha value is -2.28. The van der Waals surface area contributed by atoms with E-state index in [2.05, 4.69) is 27.0 Å². The van der Waals surface area contributed by atoms with Gasteiger partial charge >= 0.3 is 0 Å². The molecule has 0 aliphatic carbocycles. The lowest BCUT2D eigenvalue weighted by Gasteiger charge is -2.21. The lowest BCUT2D eigenvalue weighted by Crippen LogP contribution is -2.48. The van der Waals surface area contributed by atoms with Gasteiger partial charge in [0, 0.05) is 31.1 Å². The van der Waals surface area contributed by atoms with Crippen LogP contribution in [0.1, 0.15) is 38.3 Å². The van der Waals surface area contributed by atoms with Gasteiger partial charge in [-0.3, -0.25) is 9.79 Å². The molecule has 1 unspecified atom stereocenters. The number of amides is 1. The van der Waals surface area contributed by atoms with Gasteiger partial charge in [0.25, 0.3) is 0 Å². The third kappa shape index (κ3) is 7.46. The van der Waals surface area contributed by atoms with Crippen LogP contribution >= 0.6 is 0 Å². The Kier molecular flexibility index (Phi) is 7.47. The Bertz CT molecular complexity index is 662. The highest BCUT2D eigenvalue weighted by Gasteiger charge is 2.19. The zero-order valence-corrected chi connectivity index (χ0v) is 17.0. The van der Waals surface area contributed by atoms with Crippen LogP contribution in [0.25, 0.3) is 0 Å². The second-order valence-corrected chi connectivity index (χ2v) is 7.79. The number of carbonyl (C=O) groups excluding carboxylic acids is 1. The molecule has 0 spiro atoms. The smallest absolute Gasteiger partial charge is 0.239 e. The molecule has 7 nitrogen and oxygen atoms in total. The molecule has 0 aromatic heterocycles. The van der Waals surface area contributed by atoms with Crippen molar-refractivity contribution in [1.82, 2.24) is 16.0 Å². The van der Waals surface area contributed by atoms with Crippen LogP contribution in [-0.4, -0.2) is 50.3 Å². The molecule has 3 N–H and O–H groups in total. The summed E-state index contributed by atoms with van der Waals surface area (Å²) in [4.78, 5) is 16.1. The molecule has 1 fully saturated rings. The number of ether oxygens (including phenoxy) is 2. The Balaban J connectivity index is 1.90. The number of aryl methyl sites for hydroxylation is 1. The van der Waals surface area contributed by atoms with Gasteiger partial charge in [0.2, 0.25) is 5.91 Å². The van der Waals surface area contributed by atoms with Crippen molar-refractivity contribution >= 4 is 11.9 Å². The molecule has 0 saturated carbocycles. The molecule has 1 aliphatic rings. The van der Waals surface area contributed by atoms with Gasteiger partial charge < -0.3 is 25.4 Å². The SMILES string of the molecule is CN=C(NCC(=O)NC(C)(C)C)NCc1ccc(C)cc1OC1CCOC1. The van der Waals surface area contributed by atoms with E-state index < -0.39 is 0 Å². The summed E-state index contributed by atoms with van der Waals surface area (Å²) in [6, 6.07) is 6.15. The minimum Gasteiger partial charge on any atom is -0.488 e. The molecule has 1 saturated heterocycles. The molecule has 1 aliphatic heterocycles. The molecule has 1 aromatic carbocycles. The fraction of sp³-hybridized carbons (Fsp3) is 0.600. The van der Waals surface area contributed by atoms with Crippen LogP contribution in [0.3, 0.4) is 0 Å². The average Bonchev–Trinajstić information content (AvgIpc) is 3.08. The van der Waals surface area contributed by atoms with E-state index >= 15 is 0 Å². The fourth-order valence-corrected chi connectivity index (χ4v) is 2.73. The molecule has 1 heterocycles. The van der Waals surface area contributed by atoms with Crippen LogP contribution in [0.2, 0.25) is 0 Å². The Morgan fingerprint density at radius 3 is 2.74 bits per heavy atom. The number of nitrogens with one attached hydrogen (secondary N) is 3. The molecule has 2 rings (SSSR count). The first kappa shape index (κ1) is 21.0. The fourth-order valence-electron chi connectivity index (χ4n) is 2.73. The molecular formula is C20H32N4O3. The second kappa shape index (κ2) is 9.60. The Labute approximate surface area is 161 Å². The largest absolute Gasteiger partial charge is 0.488 e. The molecule has 27 heavy (non-hydrogen) atoms. The van der Waals surface area contributed by atoms with E-state index in [4.69, 9.17) is 9.47 Å². The quantitative estimate of drug-likeness (QED) is 0.520. The predicted molar refractivity (Wildman–Crippen MR) is 107 cm³/mol. The standard InChI is InChI=1S/C20H32N4O3/c1-14-6-7-15(17(10-14)27-16-8-9-26-13-16)11-22-19(21-5)23-12-18(25)24-20(2,3)4/h6-7,10,16H,8-9,11-13H2,1-5H3,(H,24,25)(H2,21,22,23). The van der Waals surface area contributed by atoms with Crippen LogP contribution in [-0.2, 0) is 16.1 Å². The van der Waals surface area contributed by atoms with E-state index in [1.807, 2.05) is 39.8 Å². The number of hydrogen-bond donors (Lipinski definition) is 3. The summed E-state index contributed by atoms with van der Waals surface area (Å²) in [5.41, 5.74) is 1.93. The van der Waals surface area contributed by atoms with E-state index in [1.165, 1.54) is 0 Å². The predicted octanol–water partition coefficient (Wildman–Crippen LogP) is 1.74. The first-order valence-electron chi connectivity index (χ1n) is 9.36. The molecule has 0 bridgehead atoms. The van der Waals surface area contributed by atoms with Gasteiger partial charge in [0.05, 0.1) is 19.8 Å². The van der Waals surface area contributed by atoms with Gasteiger partial charge in [-0.15, -0.1) is 0 Å². The second-order valence-electron chi connectivity index (χ2n) is 7.79. The minimum absolute atomic E-state index is 0.0777. The van der Waals surface area contributed by atoms with Crippen molar-refractivity contribution in [3.05, 3.63) is 29.3 Å². The van der Waals surface area contributed by atoms with Gasteiger partial charge in [-0.1, -0.05) is 12.1 Å². The molecule has 0 radical (unpaired) electrons. The summed E-state index contributed by atoms with van der Waals surface area (Å²) in [5, 5.41) is 9.18. The third-order valence-electron chi connectivity index (χ3n) is 4.00. The lowest BCUT2D eigenvalue weighted by atomic mass is 10.1. The first-order valence-corrected chi connectivity index (χ1v) is 9.36. The van der Waals surface area contributed by atoms with E-state index in [9.17, 15) is 4.79 Å². The molecule has 1 amide bonds. The van der Waals surface area contributed by atoms with Crippen LogP contribution in [0, 0.1) is 6.92 Å². The number of aliphatic imine (C=N–C) groups is 1. The van der Waals surface area contributed by atoms with Gasteiger partial charge in [0.1, 0.15) is 11.9 Å². The summed E-state index contributed by atoms with van der Waals surface area (Å²) in [6.45, 7) is 9.98. The maximum Gasteiger partial charge on any atom is 0.239 e. The van der Waals surface area contributed by atoms with Crippen LogP contribution in [0.5, 0.6) is 5.75 Å². The maximum absolute atomic E-state index is 11.9. The molecule has 1 atom stereocenters. The Morgan fingerprint density at radius 1 is 1.33 bits per heavy atom. The van der Waals surface area contributed by atoms with Crippen molar-refractivity contribution in [3.63, 3.8) is 0 Å². The summed E-state index contributed by atoms with van der Waals surface area (Å²) in [7, 11) is 1.68. The summed E-state index contributed by atoms with van der Waals surface area (Å²) < 4.78 is 11.5. The number of benzene rings is 1. The monoisotopic (exact) mass is 376 g/mol. The highest BCUT2D eigenvalue weighted by Crippen LogP contribution is 2.23. The summed E-state index contributed by atoms with van der Waals surface area (Å²) in [5.74, 6) is 1.35. The van der Waals surface area contributed by atoms with Crippen LogP contribution in [0.15, 0.2) is 23.2 Å². The normalized spacial score (nSPS) is 17.5. The minimum atomic E-state index is -0.256. The number of hydrogen-bond acceptors (Lipinski definition) is 4. The number of nitrogens with zero attached hydrogens (tertiary/aromatic N) is 1. The van der Waals surface area contributed by atoms with E-state index in [1.54, 1.807) is 7.05 Å². The number of guanidine groups is 1. The Morgan fingerprint density at radius 2 is 2.11 bits per heavy atom. The lowest BCUT2D eigenvalue weighted by molar-refractivity contribution is -0.121. The van der Waals surface area contributed by atoms with Crippen molar-refractivity contribution in [2.75, 3.05) is 26.8 Å². The van der Waals surface area contributed by atoms with Gasteiger partial charge in [0.15, 0.2) is 5.96 Å². The van der Waals surface area contributed by atoms with Crippen molar-refractivity contribution < 1.29 is 14.3 Å². The highest BCUT2D eigenvalue weighted by atomic mass is 16.5. The topological polar surface area (TPSA) is 84.0 Å². The zero-order valence-electron chi connectivity index (χ0n) is 17.0. The molecule has 7 heteroatoms. The zero-order chi connectivity index (χ0) is 19.9. The summed E-state index contributed by atoms with van der Waals surface area (Å²) in [6.07, 6.45) is 1.01. The van der Waals surface area contributed by atoms with E-state index in [-0.39, 0.29) is 24.1 Å². The number of rotatable bonds is 6. The van der Waals surface area contributed by atoms with Gasteiger partial charge in [-0.2, -0.15) is 0 Å². The van der Waals surface area contributed by atoms with Gasteiger partial charge in [-0.25, -0.2) is 0 Å². The average molecular weight is 377 g/mol. The molecular weight excluding hydrogens is 344 g/mol. The van der Waals surface area contributed by atoms with Crippen molar-refractivity contribution in [2.24, 2.45) is 4.99 Å². The van der Waals surface area contributed by atoms with Crippen molar-refractivity contribution in [2.45, 2.75) is 52.3 Å². The maximum atomic E-state index is 11.9. The molecule has 150 valence electrons. The van der Waals surface area contributed by atoms with Crippen molar-refractivity contribution in [3.8, 4) is 5.75 Å². The van der Waals surface area contributed by atoms with E-state index in [0.29, 0.717) is 19.1 Å². The van der Waals surface area contributed by atoms with E-state index in [0.717, 1.165) is 29.9 Å². The van der Waals surface area contributed by atoms with Crippen LogP contribution in [0.4, 0.5) is 0 Å². The van der Waals surface area contributed by atoms with Crippen LogP contribution < -0.4 is 20.7 Å². The highest BCUT2D eigenvalue weighted by molar-refractivity contribution is 5.86. The van der Waals surface area contributed by atoms with Gasteiger partial charge in [-0.05, 0) is 39.3 Å². The first-order chi connectivity index (χ1) is 12.8.